The summed E-state index contributed by atoms with van der Waals surface area (Å²) in [6.45, 7) is -0.891. The summed E-state index contributed by atoms with van der Waals surface area (Å²) in [4.78, 5) is 83.8. The molecule has 3 saturated heterocycles. The quantitative estimate of drug-likeness (QED) is 0.0524. The van der Waals surface area contributed by atoms with Crippen LogP contribution in [0.2, 0.25) is 0 Å². The Hall–Kier alpha value is -7.77. The number of carbonyl (C=O) groups excluding carboxylic acids is 6. The molecule has 0 bridgehead atoms. The van der Waals surface area contributed by atoms with Crippen molar-refractivity contribution in [1.29, 1.82) is 0 Å². The molecule has 0 aromatic heterocycles. The van der Waals surface area contributed by atoms with Gasteiger partial charge in [0.2, 0.25) is 12.4 Å². The third kappa shape index (κ3) is 12.3. The van der Waals surface area contributed by atoms with Gasteiger partial charge in [0, 0.05) is 5.56 Å². The van der Waals surface area contributed by atoms with Crippen LogP contribution in [0.25, 0.3) is 0 Å². The molecular weight excluding hydrogens is 980 g/mol. The summed E-state index contributed by atoms with van der Waals surface area (Å²) in [6, 6.07) is 48.3. The summed E-state index contributed by atoms with van der Waals surface area (Å²) in [7, 11) is 0. The molecule has 0 amide bonds. The molecule has 11 atom stereocenters. The SMILES string of the molecule is O=C(CCl)O[C@H]1[C@H]2O[C@@H](c3ccccc3)OC[C@H]2O[C@H](O[C@H]2[C@H](OC(=O)c3ccccc3)[C@H](OC(=O)c3ccccc3)[C@@H](OC(=O)c3ccccc3)O[C@@H]2COC(=O)c2ccccc2)[C@@H]1OC(=O)c1ccccc1. The highest BCUT2D eigenvalue weighted by molar-refractivity contribution is 6.26. The molecule has 3 aliphatic heterocycles. The van der Waals surface area contributed by atoms with Crippen molar-refractivity contribution in [1.82, 2.24) is 0 Å². The minimum absolute atomic E-state index is 0.0414. The van der Waals surface area contributed by atoms with E-state index in [1.807, 2.05) is 6.07 Å². The molecule has 3 aliphatic rings. The summed E-state index contributed by atoms with van der Waals surface area (Å²) in [5.41, 5.74) is 1.01. The third-order valence-corrected chi connectivity index (χ3v) is 12.2. The van der Waals surface area contributed by atoms with E-state index in [1.165, 1.54) is 60.7 Å². The second-order valence-corrected chi connectivity index (χ2v) is 17.2. The van der Waals surface area contributed by atoms with E-state index < -0.39 is 116 Å². The Morgan fingerprint density at radius 2 is 0.851 bits per heavy atom. The highest BCUT2D eigenvalue weighted by Gasteiger charge is 2.59. The zero-order valence-corrected chi connectivity index (χ0v) is 39.9. The number of hydrogen-bond donors (Lipinski definition) is 0. The van der Waals surface area contributed by atoms with Gasteiger partial charge in [-0.05, 0) is 60.7 Å². The standard InChI is InChI=1S/C56H47ClO17/c57-31-42(58)68-45-43-41(33-65-54(72-43)39-29-17-6-18-30-39)66-55(47(45)70-51(61)36-23-11-3-12-24-36)73-44-40(32-64-49(59)34-19-7-1-8-20-34)67-56(74-53(63)38-27-15-5-16-28-38)48(71-52(62)37-25-13-4-14-26-37)46(44)69-50(60)35-21-9-2-10-22-35/h1-30,40-41,43-48,54-56H,31-33H2/t40-,41-,43+,44-,45+,46+,47-,48+,54+,55-,56-/m1/s1. The maximum Gasteiger partial charge on any atom is 0.340 e. The molecule has 6 aromatic carbocycles. The Morgan fingerprint density at radius 1 is 0.432 bits per heavy atom. The van der Waals surface area contributed by atoms with Crippen LogP contribution < -0.4 is 0 Å². The monoisotopic (exact) mass is 1030 g/mol. The zero-order chi connectivity index (χ0) is 51.4. The molecule has 0 aliphatic carbocycles. The number of benzene rings is 6. The second kappa shape index (κ2) is 24.3. The average molecular weight is 1030 g/mol. The van der Waals surface area contributed by atoms with Crippen molar-refractivity contribution < 1.29 is 80.9 Å². The molecule has 380 valence electrons. The third-order valence-electron chi connectivity index (χ3n) is 12.0. The smallest absolute Gasteiger partial charge is 0.340 e. The van der Waals surface area contributed by atoms with Crippen LogP contribution in [0.4, 0.5) is 0 Å². The first-order chi connectivity index (χ1) is 36.1. The Kier molecular flexibility index (Phi) is 16.8. The lowest BCUT2D eigenvalue weighted by Gasteiger charge is -2.50. The fourth-order valence-electron chi connectivity index (χ4n) is 8.43. The molecule has 3 heterocycles. The van der Waals surface area contributed by atoms with Gasteiger partial charge in [0.05, 0.1) is 34.4 Å². The first-order valence-corrected chi connectivity index (χ1v) is 24.0. The number of hydrogen-bond acceptors (Lipinski definition) is 17. The van der Waals surface area contributed by atoms with Crippen molar-refractivity contribution in [3.63, 3.8) is 0 Å². The summed E-state index contributed by atoms with van der Waals surface area (Å²) in [5.74, 6) is -6.14. The van der Waals surface area contributed by atoms with Gasteiger partial charge in [0.1, 0.15) is 36.9 Å². The summed E-state index contributed by atoms with van der Waals surface area (Å²) >= 11 is 6.05. The summed E-state index contributed by atoms with van der Waals surface area (Å²) in [6.07, 6.45) is -17.4. The highest BCUT2D eigenvalue weighted by atomic mass is 35.5. The van der Waals surface area contributed by atoms with E-state index in [-0.39, 0.29) is 34.4 Å². The van der Waals surface area contributed by atoms with E-state index in [2.05, 4.69) is 0 Å². The van der Waals surface area contributed by atoms with Crippen LogP contribution in [0.5, 0.6) is 0 Å². The molecule has 17 nitrogen and oxygen atoms in total. The fraction of sp³-hybridized carbons (Fsp3) is 0.250. The van der Waals surface area contributed by atoms with E-state index >= 15 is 0 Å². The highest BCUT2D eigenvalue weighted by Crippen LogP contribution is 2.40. The predicted octanol–water partition coefficient (Wildman–Crippen LogP) is 7.48. The van der Waals surface area contributed by atoms with E-state index in [1.54, 1.807) is 115 Å². The second-order valence-electron chi connectivity index (χ2n) is 16.9. The lowest BCUT2D eigenvalue weighted by atomic mass is 9.95. The van der Waals surface area contributed by atoms with E-state index in [0.717, 1.165) is 0 Å². The van der Waals surface area contributed by atoms with Gasteiger partial charge in [-0.2, -0.15) is 0 Å². The van der Waals surface area contributed by atoms with Crippen LogP contribution in [0.15, 0.2) is 182 Å². The summed E-state index contributed by atoms with van der Waals surface area (Å²) < 4.78 is 69.1. The molecule has 0 unspecified atom stereocenters. The lowest BCUT2D eigenvalue weighted by molar-refractivity contribution is -0.382. The van der Waals surface area contributed by atoms with Crippen molar-refractivity contribution >= 4 is 47.4 Å². The minimum Gasteiger partial charge on any atom is -0.459 e. The van der Waals surface area contributed by atoms with Gasteiger partial charge in [-0.1, -0.05) is 121 Å². The topological polar surface area (TPSA) is 204 Å². The maximum absolute atomic E-state index is 14.4. The van der Waals surface area contributed by atoms with Gasteiger partial charge in [0.25, 0.3) is 0 Å². The average Bonchev–Trinajstić information content (AvgIpc) is 3.46. The number of ether oxygens (including phenoxy) is 11. The molecule has 18 heteroatoms. The van der Waals surface area contributed by atoms with Crippen LogP contribution in [-0.4, -0.2) is 116 Å². The number of alkyl halides is 1. The zero-order valence-electron chi connectivity index (χ0n) is 39.1. The number of halogens is 1. The normalized spacial score (nSPS) is 25.2. The van der Waals surface area contributed by atoms with Crippen LogP contribution in [0.1, 0.15) is 63.6 Å². The van der Waals surface area contributed by atoms with Gasteiger partial charge in [-0.25, -0.2) is 24.0 Å². The van der Waals surface area contributed by atoms with Crippen molar-refractivity contribution in [2.75, 3.05) is 19.1 Å². The molecule has 0 N–H and O–H groups in total. The Morgan fingerprint density at radius 3 is 1.32 bits per heavy atom. The number of rotatable bonds is 16. The Bertz CT molecular complexity index is 2850. The molecule has 0 spiro atoms. The molecular formula is C56H47ClO17. The molecule has 74 heavy (non-hydrogen) atoms. The maximum atomic E-state index is 14.4. The van der Waals surface area contributed by atoms with Gasteiger partial charge < -0.3 is 52.1 Å². The minimum atomic E-state index is -1.90. The molecule has 0 saturated carbocycles. The lowest BCUT2D eigenvalue weighted by Crippen LogP contribution is -2.68. The van der Waals surface area contributed by atoms with Crippen LogP contribution in [0.3, 0.4) is 0 Å². The number of esters is 6. The number of fused-ring (bicyclic) bond motifs is 1. The number of carbonyl (C=O) groups is 6. The van der Waals surface area contributed by atoms with Crippen molar-refractivity contribution in [2.24, 2.45) is 0 Å². The molecule has 6 aromatic rings. The first kappa shape index (κ1) is 51.1. The molecule has 9 rings (SSSR count). The predicted molar refractivity (Wildman–Crippen MR) is 258 cm³/mol. The van der Waals surface area contributed by atoms with Crippen LogP contribution in [-0.2, 0) is 56.9 Å². The largest absolute Gasteiger partial charge is 0.459 e. The van der Waals surface area contributed by atoms with Gasteiger partial charge in [0.15, 0.2) is 30.9 Å². The Labute approximate surface area is 429 Å². The van der Waals surface area contributed by atoms with Gasteiger partial charge in [-0.3, -0.25) is 4.79 Å². The summed E-state index contributed by atoms with van der Waals surface area (Å²) in [5, 5.41) is 0. The Balaban J connectivity index is 1.16. The van der Waals surface area contributed by atoms with E-state index in [4.69, 9.17) is 63.7 Å². The van der Waals surface area contributed by atoms with Gasteiger partial charge >= 0.3 is 35.8 Å². The van der Waals surface area contributed by atoms with Crippen molar-refractivity contribution in [3.8, 4) is 0 Å². The molecule has 3 fully saturated rings. The van der Waals surface area contributed by atoms with Crippen molar-refractivity contribution in [2.45, 2.75) is 67.7 Å². The molecule has 0 radical (unpaired) electrons. The van der Waals surface area contributed by atoms with E-state index in [9.17, 15) is 28.8 Å². The van der Waals surface area contributed by atoms with Crippen LogP contribution in [0, 0.1) is 0 Å². The van der Waals surface area contributed by atoms with Crippen molar-refractivity contribution in [3.05, 3.63) is 215 Å². The first-order valence-electron chi connectivity index (χ1n) is 23.4. The van der Waals surface area contributed by atoms with Gasteiger partial charge in [-0.15, -0.1) is 11.6 Å². The van der Waals surface area contributed by atoms with E-state index in [0.29, 0.717) is 5.56 Å². The van der Waals surface area contributed by atoms with Crippen LogP contribution >= 0.6 is 11.6 Å². The fourth-order valence-corrected chi connectivity index (χ4v) is 8.49.